The summed E-state index contributed by atoms with van der Waals surface area (Å²) in [5.74, 6) is 0.684. The highest BCUT2D eigenvalue weighted by molar-refractivity contribution is 6.55. The van der Waals surface area contributed by atoms with Crippen molar-refractivity contribution in [3.63, 3.8) is 0 Å². The van der Waals surface area contributed by atoms with Crippen molar-refractivity contribution in [3.05, 3.63) is 52.0 Å². The predicted molar refractivity (Wildman–Crippen MR) is 74.8 cm³/mol. The Kier molecular flexibility index (Phi) is 6.35. The predicted octanol–water partition coefficient (Wildman–Crippen LogP) is 4.59. The molecule has 0 aliphatic heterocycles. The molecule has 2 nitrogen and oxygen atoms in total. The summed E-state index contributed by atoms with van der Waals surface area (Å²) in [5.41, 5.74) is 1.70. The summed E-state index contributed by atoms with van der Waals surface area (Å²) in [6.07, 6.45) is 4.38. The van der Waals surface area contributed by atoms with Gasteiger partial charge in [-0.3, -0.25) is 0 Å². The van der Waals surface area contributed by atoms with Crippen LogP contribution in [0.2, 0.25) is 0 Å². The van der Waals surface area contributed by atoms with Crippen LogP contribution in [-0.2, 0) is 0 Å². The molecule has 0 N–H and O–H groups in total. The van der Waals surface area contributed by atoms with E-state index in [1.54, 1.807) is 24.3 Å². The summed E-state index contributed by atoms with van der Waals surface area (Å²) >= 11 is 11.0. The maximum absolute atomic E-state index is 8.75. The molecular weight excluding hydrogens is 269 g/mol. The maximum atomic E-state index is 8.75. The van der Waals surface area contributed by atoms with Gasteiger partial charge < -0.3 is 4.74 Å². The Hall–Kier alpha value is -1.43. The van der Waals surface area contributed by atoms with E-state index in [-0.39, 0.29) is 4.49 Å². The summed E-state index contributed by atoms with van der Waals surface area (Å²) in [6.45, 7) is 2.43. The van der Waals surface area contributed by atoms with Crippen LogP contribution in [0.15, 0.2) is 46.5 Å². The number of rotatable bonds is 5. The lowest BCUT2D eigenvalue weighted by atomic mass is 10.2. The van der Waals surface area contributed by atoms with Gasteiger partial charge in [0.2, 0.25) is 0 Å². The van der Waals surface area contributed by atoms with Crippen molar-refractivity contribution < 1.29 is 4.74 Å². The standard InChI is InChI=1S/C14H13Cl2NO/c1-11(5-6-14(15)16)7-8-18-13-4-2-3-12(9-13)10-17/h2-4,6-7,9H,5,8H2,1H3/b11-7+. The smallest absolute Gasteiger partial charge is 0.121 e. The minimum Gasteiger partial charge on any atom is -0.489 e. The van der Waals surface area contributed by atoms with E-state index < -0.39 is 0 Å². The van der Waals surface area contributed by atoms with Crippen LogP contribution in [0.4, 0.5) is 0 Å². The molecule has 0 aliphatic carbocycles. The third-order valence-corrected chi connectivity index (χ3v) is 2.53. The van der Waals surface area contributed by atoms with Crippen molar-refractivity contribution in [1.29, 1.82) is 5.26 Å². The summed E-state index contributed by atoms with van der Waals surface area (Å²) in [6, 6.07) is 9.12. The molecule has 0 unspecified atom stereocenters. The van der Waals surface area contributed by atoms with Crippen LogP contribution in [0, 0.1) is 11.3 Å². The van der Waals surface area contributed by atoms with Crippen LogP contribution < -0.4 is 4.74 Å². The minimum atomic E-state index is 0.269. The topological polar surface area (TPSA) is 33.0 Å². The van der Waals surface area contributed by atoms with Crippen molar-refractivity contribution in [2.24, 2.45) is 0 Å². The van der Waals surface area contributed by atoms with E-state index in [2.05, 4.69) is 6.07 Å². The first-order valence-corrected chi connectivity index (χ1v) is 6.17. The van der Waals surface area contributed by atoms with Gasteiger partial charge in [0.1, 0.15) is 16.8 Å². The molecular formula is C14H13Cl2NO. The van der Waals surface area contributed by atoms with Crippen molar-refractivity contribution in [1.82, 2.24) is 0 Å². The molecule has 0 saturated heterocycles. The first-order chi connectivity index (χ1) is 8.61. The number of nitrogens with zero attached hydrogens (tertiary/aromatic N) is 1. The zero-order valence-corrected chi connectivity index (χ0v) is 11.5. The average molecular weight is 282 g/mol. The SMILES string of the molecule is C/C(=C\COc1cccc(C#N)c1)CC=C(Cl)Cl. The van der Waals surface area contributed by atoms with Gasteiger partial charge in [-0.1, -0.05) is 40.9 Å². The quantitative estimate of drug-likeness (QED) is 0.740. The van der Waals surface area contributed by atoms with E-state index in [9.17, 15) is 0 Å². The molecule has 1 aromatic rings. The molecule has 0 aliphatic rings. The maximum Gasteiger partial charge on any atom is 0.121 e. The van der Waals surface area contributed by atoms with E-state index in [0.29, 0.717) is 24.3 Å². The fourth-order valence-electron chi connectivity index (χ4n) is 1.26. The molecule has 4 heteroatoms. The second kappa shape index (κ2) is 7.81. The van der Waals surface area contributed by atoms with Crippen molar-refractivity contribution in [2.75, 3.05) is 6.61 Å². The normalized spacial score (nSPS) is 10.7. The Morgan fingerprint density at radius 2 is 2.17 bits per heavy atom. The highest BCUT2D eigenvalue weighted by Crippen LogP contribution is 2.14. The molecule has 0 spiro atoms. The number of nitriles is 1. The molecule has 1 rings (SSSR count). The van der Waals surface area contributed by atoms with Crippen molar-refractivity contribution >= 4 is 23.2 Å². The van der Waals surface area contributed by atoms with Crippen LogP contribution in [0.25, 0.3) is 0 Å². The van der Waals surface area contributed by atoms with Gasteiger partial charge in [0.05, 0.1) is 11.6 Å². The van der Waals surface area contributed by atoms with Crippen molar-refractivity contribution in [3.8, 4) is 11.8 Å². The van der Waals surface area contributed by atoms with Crippen LogP contribution in [-0.4, -0.2) is 6.61 Å². The van der Waals surface area contributed by atoms with Gasteiger partial charge in [0, 0.05) is 0 Å². The van der Waals surface area contributed by atoms with Crippen LogP contribution in [0.1, 0.15) is 18.9 Å². The molecule has 0 fully saturated rings. The fourth-order valence-corrected chi connectivity index (χ4v) is 1.41. The molecule has 0 radical (unpaired) electrons. The Morgan fingerprint density at radius 1 is 1.39 bits per heavy atom. The first-order valence-electron chi connectivity index (χ1n) is 5.41. The van der Waals surface area contributed by atoms with Gasteiger partial charge in [-0.25, -0.2) is 0 Å². The lowest BCUT2D eigenvalue weighted by Crippen LogP contribution is -1.94. The van der Waals surface area contributed by atoms with Crippen LogP contribution in [0.3, 0.4) is 0 Å². The molecule has 0 amide bonds. The third kappa shape index (κ3) is 5.77. The largest absolute Gasteiger partial charge is 0.489 e. The fraction of sp³-hybridized carbons (Fsp3) is 0.214. The number of hydrogen-bond acceptors (Lipinski definition) is 2. The molecule has 0 aromatic heterocycles. The summed E-state index contributed by atoms with van der Waals surface area (Å²) in [5, 5.41) is 8.75. The van der Waals surface area contributed by atoms with Crippen LogP contribution in [0.5, 0.6) is 5.75 Å². The Morgan fingerprint density at radius 3 is 2.83 bits per heavy atom. The zero-order valence-electron chi connectivity index (χ0n) is 9.99. The highest BCUT2D eigenvalue weighted by Gasteiger charge is 1.95. The summed E-state index contributed by atoms with van der Waals surface area (Å²) in [7, 11) is 0. The van der Waals surface area contributed by atoms with E-state index >= 15 is 0 Å². The molecule has 0 saturated carbocycles. The molecule has 1 aromatic carbocycles. The number of allylic oxidation sites excluding steroid dienone is 2. The molecule has 94 valence electrons. The minimum absolute atomic E-state index is 0.269. The van der Waals surface area contributed by atoms with Gasteiger partial charge in [-0.2, -0.15) is 5.26 Å². The monoisotopic (exact) mass is 281 g/mol. The third-order valence-electron chi connectivity index (χ3n) is 2.22. The van der Waals surface area contributed by atoms with Crippen LogP contribution >= 0.6 is 23.2 Å². The Labute approximate surface area is 117 Å². The van der Waals surface area contributed by atoms with Gasteiger partial charge in [0.25, 0.3) is 0 Å². The van der Waals surface area contributed by atoms with E-state index in [0.717, 1.165) is 5.57 Å². The second-order valence-corrected chi connectivity index (χ2v) is 4.71. The molecule has 0 heterocycles. The zero-order chi connectivity index (χ0) is 13.4. The van der Waals surface area contributed by atoms with E-state index in [4.69, 9.17) is 33.2 Å². The van der Waals surface area contributed by atoms with E-state index in [1.807, 2.05) is 19.1 Å². The lowest BCUT2D eigenvalue weighted by Gasteiger charge is -2.04. The second-order valence-electron chi connectivity index (χ2n) is 3.70. The average Bonchev–Trinajstić information content (AvgIpc) is 2.36. The first kappa shape index (κ1) is 14.6. The molecule has 18 heavy (non-hydrogen) atoms. The number of hydrogen-bond donors (Lipinski definition) is 0. The molecule has 0 bridgehead atoms. The van der Waals surface area contributed by atoms with Gasteiger partial charge >= 0.3 is 0 Å². The van der Waals surface area contributed by atoms with Gasteiger partial charge in [-0.15, -0.1) is 0 Å². The lowest BCUT2D eigenvalue weighted by molar-refractivity contribution is 0.361. The van der Waals surface area contributed by atoms with Crippen molar-refractivity contribution in [2.45, 2.75) is 13.3 Å². The number of ether oxygens (including phenoxy) is 1. The van der Waals surface area contributed by atoms with Gasteiger partial charge in [-0.05, 0) is 37.6 Å². The number of halogens is 2. The van der Waals surface area contributed by atoms with Gasteiger partial charge in [0.15, 0.2) is 0 Å². The molecule has 0 atom stereocenters. The summed E-state index contributed by atoms with van der Waals surface area (Å²) in [4.78, 5) is 0. The summed E-state index contributed by atoms with van der Waals surface area (Å²) < 4.78 is 5.78. The highest BCUT2D eigenvalue weighted by atomic mass is 35.5. The Bertz CT molecular complexity index is 497. The Balaban J connectivity index is 2.48. The van der Waals surface area contributed by atoms with E-state index in [1.165, 1.54) is 0 Å². The number of benzene rings is 1.